The van der Waals surface area contributed by atoms with Gasteiger partial charge in [0.05, 0.1) is 6.04 Å². The number of aryl methyl sites for hydroxylation is 1. The van der Waals surface area contributed by atoms with E-state index in [-0.39, 0.29) is 18.0 Å². The molecule has 1 N–H and O–H groups in total. The first-order chi connectivity index (χ1) is 8.17. The van der Waals surface area contributed by atoms with E-state index in [1.165, 1.54) is 6.07 Å². The Balaban J connectivity index is 2.30. The zero-order valence-corrected chi connectivity index (χ0v) is 10.7. The molecule has 94 valence electrons. The van der Waals surface area contributed by atoms with Gasteiger partial charge in [-0.15, -0.1) is 0 Å². The molecule has 0 bridgehead atoms. The summed E-state index contributed by atoms with van der Waals surface area (Å²) in [6.45, 7) is 6.99. The van der Waals surface area contributed by atoms with E-state index in [4.69, 9.17) is 4.74 Å². The molecule has 0 amide bonds. The fraction of sp³-hybridized carbons (Fsp3) is 0.571. The highest BCUT2D eigenvalue weighted by Crippen LogP contribution is 2.39. The van der Waals surface area contributed by atoms with Crippen molar-refractivity contribution in [3.63, 3.8) is 0 Å². The molecule has 2 atom stereocenters. The smallest absolute Gasteiger partial charge is 0.129 e. The van der Waals surface area contributed by atoms with Crippen molar-refractivity contribution in [3.05, 3.63) is 29.1 Å². The highest BCUT2D eigenvalue weighted by molar-refractivity contribution is 5.43. The van der Waals surface area contributed by atoms with Gasteiger partial charge in [-0.25, -0.2) is 4.39 Å². The molecule has 2 rings (SSSR count). The van der Waals surface area contributed by atoms with Crippen molar-refractivity contribution in [1.29, 1.82) is 0 Å². The number of hydrogen-bond acceptors (Lipinski definition) is 2. The fourth-order valence-electron chi connectivity index (χ4n) is 2.32. The average molecular weight is 237 g/mol. The SMILES string of the molecule is CCCNC1c2cc(C)c(F)cc2OC1CC. The van der Waals surface area contributed by atoms with Crippen LogP contribution in [0.15, 0.2) is 12.1 Å². The van der Waals surface area contributed by atoms with Crippen LogP contribution in [0.25, 0.3) is 0 Å². The molecule has 0 radical (unpaired) electrons. The molecule has 1 aromatic carbocycles. The maximum Gasteiger partial charge on any atom is 0.129 e. The van der Waals surface area contributed by atoms with Crippen LogP contribution >= 0.6 is 0 Å². The Hall–Kier alpha value is -1.09. The monoisotopic (exact) mass is 237 g/mol. The summed E-state index contributed by atoms with van der Waals surface area (Å²) < 4.78 is 19.3. The summed E-state index contributed by atoms with van der Waals surface area (Å²) in [5, 5.41) is 3.49. The normalized spacial score (nSPS) is 22.4. The van der Waals surface area contributed by atoms with Crippen LogP contribution in [0.2, 0.25) is 0 Å². The summed E-state index contributed by atoms with van der Waals surface area (Å²) in [5.41, 5.74) is 1.79. The van der Waals surface area contributed by atoms with Gasteiger partial charge < -0.3 is 10.1 Å². The van der Waals surface area contributed by atoms with Gasteiger partial charge in [-0.2, -0.15) is 0 Å². The van der Waals surface area contributed by atoms with Crippen molar-refractivity contribution >= 4 is 0 Å². The molecule has 1 aromatic rings. The predicted octanol–water partition coefficient (Wildman–Crippen LogP) is 3.35. The molecular formula is C14H20FNO. The van der Waals surface area contributed by atoms with Crippen molar-refractivity contribution in [2.75, 3.05) is 6.54 Å². The predicted molar refractivity (Wildman–Crippen MR) is 66.9 cm³/mol. The molecule has 3 heteroatoms. The molecule has 2 unspecified atom stereocenters. The van der Waals surface area contributed by atoms with Gasteiger partial charge in [0.1, 0.15) is 17.7 Å². The van der Waals surface area contributed by atoms with Crippen LogP contribution in [0.4, 0.5) is 4.39 Å². The Morgan fingerprint density at radius 3 is 2.76 bits per heavy atom. The first kappa shape index (κ1) is 12.4. The van der Waals surface area contributed by atoms with Crippen LogP contribution in [-0.2, 0) is 0 Å². The van der Waals surface area contributed by atoms with Gasteiger partial charge in [-0.05, 0) is 37.9 Å². The summed E-state index contributed by atoms with van der Waals surface area (Å²) in [4.78, 5) is 0. The third kappa shape index (κ3) is 2.29. The highest BCUT2D eigenvalue weighted by Gasteiger charge is 2.33. The van der Waals surface area contributed by atoms with Crippen LogP contribution in [0, 0.1) is 12.7 Å². The first-order valence-electron chi connectivity index (χ1n) is 6.37. The third-order valence-electron chi connectivity index (χ3n) is 3.29. The van der Waals surface area contributed by atoms with Gasteiger partial charge in [-0.1, -0.05) is 13.8 Å². The fourth-order valence-corrected chi connectivity index (χ4v) is 2.32. The maximum atomic E-state index is 13.5. The second kappa shape index (κ2) is 5.05. The molecule has 0 aliphatic carbocycles. The van der Waals surface area contributed by atoms with E-state index in [1.54, 1.807) is 6.92 Å². The molecule has 1 aliphatic rings. The lowest BCUT2D eigenvalue weighted by molar-refractivity contribution is 0.185. The lowest BCUT2D eigenvalue weighted by Crippen LogP contribution is -2.31. The molecule has 0 saturated heterocycles. The van der Waals surface area contributed by atoms with Crippen molar-refractivity contribution in [2.45, 2.75) is 45.8 Å². The topological polar surface area (TPSA) is 21.3 Å². The summed E-state index contributed by atoms with van der Waals surface area (Å²) in [5.74, 6) is 0.517. The van der Waals surface area contributed by atoms with E-state index in [9.17, 15) is 4.39 Å². The van der Waals surface area contributed by atoms with Crippen LogP contribution in [-0.4, -0.2) is 12.6 Å². The van der Waals surface area contributed by atoms with Crippen LogP contribution < -0.4 is 10.1 Å². The number of rotatable bonds is 4. The van der Waals surface area contributed by atoms with Crippen molar-refractivity contribution < 1.29 is 9.13 Å². The molecular weight excluding hydrogens is 217 g/mol. The standard InChI is InChI=1S/C14H20FNO/c1-4-6-16-14-10-7-9(3)11(15)8-13(10)17-12(14)5-2/h7-8,12,14,16H,4-6H2,1-3H3. The van der Waals surface area contributed by atoms with Gasteiger partial charge in [0.2, 0.25) is 0 Å². The van der Waals surface area contributed by atoms with Gasteiger partial charge in [0, 0.05) is 11.6 Å². The van der Waals surface area contributed by atoms with E-state index >= 15 is 0 Å². The van der Waals surface area contributed by atoms with E-state index < -0.39 is 0 Å². The minimum Gasteiger partial charge on any atom is -0.488 e. The number of hydrogen-bond donors (Lipinski definition) is 1. The molecule has 2 nitrogen and oxygen atoms in total. The molecule has 0 aromatic heterocycles. The lowest BCUT2D eigenvalue weighted by Gasteiger charge is -2.18. The largest absolute Gasteiger partial charge is 0.488 e. The number of benzene rings is 1. The zero-order chi connectivity index (χ0) is 12.4. The summed E-state index contributed by atoms with van der Waals surface area (Å²) in [7, 11) is 0. The van der Waals surface area contributed by atoms with Gasteiger partial charge in [-0.3, -0.25) is 0 Å². The third-order valence-corrected chi connectivity index (χ3v) is 3.29. The van der Waals surface area contributed by atoms with Gasteiger partial charge in [0.15, 0.2) is 0 Å². The Morgan fingerprint density at radius 1 is 1.35 bits per heavy atom. The van der Waals surface area contributed by atoms with E-state index in [2.05, 4.69) is 19.2 Å². The van der Waals surface area contributed by atoms with E-state index in [1.807, 2.05) is 6.07 Å². The van der Waals surface area contributed by atoms with Crippen LogP contribution in [0.5, 0.6) is 5.75 Å². The quantitative estimate of drug-likeness (QED) is 0.867. The van der Waals surface area contributed by atoms with Gasteiger partial charge in [0.25, 0.3) is 0 Å². The summed E-state index contributed by atoms with van der Waals surface area (Å²) in [6, 6.07) is 3.63. The highest BCUT2D eigenvalue weighted by atomic mass is 19.1. The Labute approximate surface area is 102 Å². The second-order valence-corrected chi connectivity index (χ2v) is 4.64. The Morgan fingerprint density at radius 2 is 2.12 bits per heavy atom. The summed E-state index contributed by atoms with van der Waals surface area (Å²) in [6.07, 6.45) is 2.14. The number of halogens is 1. The molecule has 0 fully saturated rings. The second-order valence-electron chi connectivity index (χ2n) is 4.64. The van der Waals surface area contributed by atoms with Crippen LogP contribution in [0.1, 0.15) is 43.9 Å². The molecule has 1 aliphatic heterocycles. The minimum absolute atomic E-state index is 0.123. The van der Waals surface area contributed by atoms with E-state index in [0.29, 0.717) is 11.3 Å². The summed E-state index contributed by atoms with van der Waals surface area (Å²) >= 11 is 0. The molecule has 17 heavy (non-hydrogen) atoms. The first-order valence-corrected chi connectivity index (χ1v) is 6.37. The molecule has 1 heterocycles. The maximum absolute atomic E-state index is 13.5. The minimum atomic E-state index is -0.185. The lowest BCUT2D eigenvalue weighted by atomic mass is 10.00. The van der Waals surface area contributed by atoms with Crippen molar-refractivity contribution in [1.82, 2.24) is 5.32 Å². The van der Waals surface area contributed by atoms with Crippen LogP contribution in [0.3, 0.4) is 0 Å². The van der Waals surface area contributed by atoms with Crippen molar-refractivity contribution in [2.24, 2.45) is 0 Å². The molecule has 0 spiro atoms. The number of ether oxygens (including phenoxy) is 1. The van der Waals surface area contributed by atoms with Gasteiger partial charge >= 0.3 is 0 Å². The Kier molecular flexibility index (Phi) is 3.67. The number of fused-ring (bicyclic) bond motifs is 1. The zero-order valence-electron chi connectivity index (χ0n) is 10.7. The average Bonchev–Trinajstić information content (AvgIpc) is 2.64. The molecule has 0 saturated carbocycles. The Bertz CT molecular complexity index is 405. The van der Waals surface area contributed by atoms with E-state index in [0.717, 1.165) is 24.9 Å². The number of nitrogens with one attached hydrogen (secondary N) is 1. The van der Waals surface area contributed by atoms with Crippen molar-refractivity contribution in [3.8, 4) is 5.75 Å².